The van der Waals surface area contributed by atoms with E-state index >= 15 is 0 Å². The molecule has 0 fully saturated rings. The van der Waals surface area contributed by atoms with E-state index in [1.54, 1.807) is 24.3 Å². The fraction of sp³-hybridized carbons (Fsp3) is 0.160. The van der Waals surface area contributed by atoms with Gasteiger partial charge in [-0.05, 0) is 80.4 Å². The molecule has 32 heavy (non-hydrogen) atoms. The molecule has 1 heterocycles. The standard InChI is InChI=1S/C25H23N3O4/c1-15-12-18(13-19(14-26)24(30)27-20-8-10-21(29)11-9-20)17(3)28(15)23-7-5-6-22(16(23)2)25(31)32-4/h5-13,29H,1-4H3,(H,27,30)/b19-13-. The van der Waals surface area contributed by atoms with Crippen molar-refractivity contribution in [1.29, 1.82) is 5.26 Å². The molecule has 0 bridgehead atoms. The minimum atomic E-state index is -0.549. The molecule has 7 nitrogen and oxygen atoms in total. The quantitative estimate of drug-likeness (QED) is 0.270. The van der Waals surface area contributed by atoms with Crippen LogP contribution in [0.3, 0.4) is 0 Å². The van der Waals surface area contributed by atoms with Crippen molar-refractivity contribution in [3.05, 3.63) is 82.2 Å². The van der Waals surface area contributed by atoms with Gasteiger partial charge in [0.2, 0.25) is 0 Å². The molecular weight excluding hydrogens is 406 g/mol. The van der Waals surface area contributed by atoms with E-state index in [1.165, 1.54) is 25.3 Å². The van der Waals surface area contributed by atoms with E-state index in [0.717, 1.165) is 22.6 Å². The van der Waals surface area contributed by atoms with Crippen LogP contribution in [0.25, 0.3) is 11.8 Å². The van der Waals surface area contributed by atoms with Crippen molar-refractivity contribution < 1.29 is 19.4 Å². The average Bonchev–Trinajstić information content (AvgIpc) is 3.06. The van der Waals surface area contributed by atoms with Crippen molar-refractivity contribution in [3.8, 4) is 17.5 Å². The lowest BCUT2D eigenvalue weighted by molar-refractivity contribution is -0.112. The van der Waals surface area contributed by atoms with E-state index in [1.807, 2.05) is 43.5 Å². The Bertz CT molecular complexity index is 1260. The van der Waals surface area contributed by atoms with Gasteiger partial charge in [-0.3, -0.25) is 4.79 Å². The zero-order valence-electron chi connectivity index (χ0n) is 18.3. The van der Waals surface area contributed by atoms with Gasteiger partial charge in [-0.2, -0.15) is 5.26 Å². The van der Waals surface area contributed by atoms with Crippen molar-refractivity contribution >= 4 is 23.6 Å². The lowest BCUT2D eigenvalue weighted by Gasteiger charge is -2.15. The first-order chi connectivity index (χ1) is 15.3. The summed E-state index contributed by atoms with van der Waals surface area (Å²) < 4.78 is 6.84. The highest BCUT2D eigenvalue weighted by molar-refractivity contribution is 6.09. The topological polar surface area (TPSA) is 104 Å². The Balaban J connectivity index is 1.99. The van der Waals surface area contributed by atoms with Crippen LogP contribution in [0.2, 0.25) is 0 Å². The van der Waals surface area contributed by atoms with Crippen LogP contribution in [0, 0.1) is 32.1 Å². The summed E-state index contributed by atoms with van der Waals surface area (Å²) in [7, 11) is 1.34. The Morgan fingerprint density at radius 3 is 2.44 bits per heavy atom. The van der Waals surface area contributed by atoms with Crippen LogP contribution >= 0.6 is 0 Å². The smallest absolute Gasteiger partial charge is 0.338 e. The van der Waals surface area contributed by atoms with E-state index in [-0.39, 0.29) is 11.3 Å². The van der Waals surface area contributed by atoms with Gasteiger partial charge in [-0.25, -0.2) is 4.79 Å². The molecular formula is C25H23N3O4. The number of amides is 1. The first-order valence-corrected chi connectivity index (χ1v) is 9.86. The Hall–Kier alpha value is -4.31. The summed E-state index contributed by atoms with van der Waals surface area (Å²) in [6, 6.07) is 15.2. The number of hydrogen-bond acceptors (Lipinski definition) is 5. The summed E-state index contributed by atoms with van der Waals surface area (Å²) >= 11 is 0. The normalized spacial score (nSPS) is 11.0. The lowest BCUT2D eigenvalue weighted by atomic mass is 10.1. The number of esters is 1. The number of methoxy groups -OCH3 is 1. The van der Waals surface area contributed by atoms with Crippen LogP contribution in [0.1, 0.15) is 32.9 Å². The van der Waals surface area contributed by atoms with Gasteiger partial charge >= 0.3 is 5.97 Å². The fourth-order valence-corrected chi connectivity index (χ4v) is 3.55. The first-order valence-electron chi connectivity index (χ1n) is 9.86. The van der Waals surface area contributed by atoms with Gasteiger partial charge in [0.25, 0.3) is 5.91 Å². The van der Waals surface area contributed by atoms with Crippen molar-refractivity contribution in [1.82, 2.24) is 4.57 Å². The third-order valence-corrected chi connectivity index (χ3v) is 5.21. The number of aryl methyl sites for hydroxylation is 1. The summed E-state index contributed by atoms with van der Waals surface area (Å²) in [5.74, 6) is -0.880. The zero-order valence-corrected chi connectivity index (χ0v) is 18.3. The molecule has 0 aliphatic rings. The van der Waals surface area contributed by atoms with Crippen molar-refractivity contribution in [2.24, 2.45) is 0 Å². The summed E-state index contributed by atoms with van der Waals surface area (Å²) in [5.41, 5.74) is 4.88. The van der Waals surface area contributed by atoms with Crippen LogP contribution in [-0.4, -0.2) is 28.7 Å². The number of carbonyl (C=O) groups is 2. The van der Waals surface area contributed by atoms with Gasteiger partial charge in [-0.1, -0.05) is 6.07 Å². The summed E-state index contributed by atoms with van der Waals surface area (Å²) in [5, 5.41) is 21.6. The fourth-order valence-electron chi connectivity index (χ4n) is 3.55. The summed E-state index contributed by atoms with van der Waals surface area (Å²) in [4.78, 5) is 24.7. The van der Waals surface area contributed by atoms with Crippen molar-refractivity contribution in [2.75, 3.05) is 12.4 Å². The Morgan fingerprint density at radius 1 is 1.12 bits per heavy atom. The Kier molecular flexibility index (Phi) is 6.45. The number of aromatic hydroxyl groups is 1. The summed E-state index contributed by atoms with van der Waals surface area (Å²) in [6.45, 7) is 5.65. The molecule has 0 saturated heterocycles. The monoisotopic (exact) mass is 429 g/mol. The minimum Gasteiger partial charge on any atom is -0.508 e. The number of aromatic nitrogens is 1. The number of benzene rings is 2. The number of rotatable bonds is 5. The number of anilines is 1. The Labute approximate surface area is 186 Å². The molecule has 3 aromatic rings. The molecule has 0 radical (unpaired) electrons. The molecule has 1 aromatic heterocycles. The molecule has 1 amide bonds. The molecule has 0 aliphatic heterocycles. The predicted molar refractivity (Wildman–Crippen MR) is 122 cm³/mol. The number of carbonyl (C=O) groups excluding carboxylic acids is 2. The maximum absolute atomic E-state index is 12.6. The zero-order chi connectivity index (χ0) is 23.4. The van der Waals surface area contributed by atoms with E-state index in [9.17, 15) is 20.0 Å². The van der Waals surface area contributed by atoms with Gasteiger partial charge in [0.15, 0.2) is 0 Å². The second-order valence-corrected chi connectivity index (χ2v) is 7.27. The highest BCUT2D eigenvalue weighted by atomic mass is 16.5. The molecule has 0 spiro atoms. The molecule has 2 N–H and O–H groups in total. The van der Waals surface area contributed by atoms with Crippen molar-refractivity contribution in [3.63, 3.8) is 0 Å². The molecule has 0 atom stereocenters. The van der Waals surface area contributed by atoms with E-state index in [2.05, 4.69) is 5.32 Å². The highest BCUT2D eigenvalue weighted by Gasteiger charge is 2.18. The lowest BCUT2D eigenvalue weighted by Crippen LogP contribution is -2.13. The number of nitriles is 1. The predicted octanol–water partition coefficient (Wildman–Crippen LogP) is 4.44. The maximum atomic E-state index is 12.6. The molecule has 0 unspecified atom stereocenters. The number of phenolic OH excluding ortho intramolecular Hbond substituents is 1. The molecule has 2 aromatic carbocycles. The highest BCUT2D eigenvalue weighted by Crippen LogP contribution is 2.27. The van der Waals surface area contributed by atoms with Crippen LogP contribution < -0.4 is 5.32 Å². The second kappa shape index (κ2) is 9.23. The SMILES string of the molecule is COC(=O)c1cccc(-n2c(C)cc(/C=C(/C#N)C(=O)Nc3ccc(O)cc3)c2C)c1C. The number of hydrogen-bond donors (Lipinski definition) is 2. The van der Waals surface area contributed by atoms with Gasteiger partial charge in [0.1, 0.15) is 17.4 Å². The van der Waals surface area contributed by atoms with Crippen molar-refractivity contribution in [2.45, 2.75) is 20.8 Å². The number of nitrogens with zero attached hydrogens (tertiary/aromatic N) is 2. The number of nitrogens with one attached hydrogen (secondary N) is 1. The largest absolute Gasteiger partial charge is 0.508 e. The van der Waals surface area contributed by atoms with E-state index in [4.69, 9.17) is 4.74 Å². The molecule has 0 aliphatic carbocycles. The van der Waals surface area contributed by atoms with Crippen LogP contribution in [0.15, 0.2) is 54.1 Å². The van der Waals surface area contributed by atoms with E-state index < -0.39 is 11.9 Å². The average molecular weight is 429 g/mol. The van der Waals surface area contributed by atoms with Gasteiger partial charge in [0.05, 0.1) is 12.7 Å². The maximum Gasteiger partial charge on any atom is 0.338 e. The van der Waals surface area contributed by atoms with E-state index in [0.29, 0.717) is 16.8 Å². The van der Waals surface area contributed by atoms with Gasteiger partial charge < -0.3 is 19.7 Å². The van der Waals surface area contributed by atoms with Crippen LogP contribution in [0.5, 0.6) is 5.75 Å². The van der Waals surface area contributed by atoms with Crippen LogP contribution in [0.4, 0.5) is 5.69 Å². The molecule has 3 rings (SSSR count). The molecule has 162 valence electrons. The third kappa shape index (κ3) is 4.40. The van der Waals surface area contributed by atoms with Crippen LogP contribution in [-0.2, 0) is 9.53 Å². The molecule has 7 heteroatoms. The third-order valence-electron chi connectivity index (χ3n) is 5.21. The van der Waals surface area contributed by atoms with Gasteiger partial charge in [0, 0.05) is 22.8 Å². The number of phenols is 1. The summed E-state index contributed by atoms with van der Waals surface area (Å²) in [6.07, 6.45) is 1.54. The number of ether oxygens (including phenoxy) is 1. The second-order valence-electron chi connectivity index (χ2n) is 7.27. The Morgan fingerprint density at radius 2 is 1.81 bits per heavy atom. The first kappa shape index (κ1) is 22.4. The minimum absolute atomic E-state index is 0.0571. The van der Waals surface area contributed by atoms with Gasteiger partial charge in [-0.15, -0.1) is 0 Å². The molecule has 0 saturated carbocycles.